The number of nitrogens with one attached hydrogen (secondary N) is 1. The van der Waals surface area contributed by atoms with Gasteiger partial charge in [-0.05, 0) is 43.4 Å². The van der Waals surface area contributed by atoms with Crippen molar-refractivity contribution in [3.8, 4) is 0 Å². The maximum absolute atomic E-state index is 12.8. The molecule has 1 saturated heterocycles. The second-order valence-corrected chi connectivity index (χ2v) is 9.50. The highest BCUT2D eigenvalue weighted by molar-refractivity contribution is 7.14. The summed E-state index contributed by atoms with van der Waals surface area (Å²) in [6.07, 6.45) is 3.95. The van der Waals surface area contributed by atoms with Crippen LogP contribution in [0.1, 0.15) is 71.3 Å². The number of piperidine rings is 1. The van der Waals surface area contributed by atoms with Crippen LogP contribution in [0, 0.1) is 6.92 Å². The average molecular weight is 413 g/mol. The van der Waals surface area contributed by atoms with Crippen LogP contribution in [0.3, 0.4) is 0 Å². The van der Waals surface area contributed by atoms with E-state index in [0.717, 1.165) is 49.2 Å². The Hall–Kier alpha value is -2.14. The Morgan fingerprint density at radius 2 is 1.83 bits per heavy atom. The second-order valence-electron chi connectivity index (χ2n) is 8.45. The molecule has 0 atom stereocenters. The van der Waals surface area contributed by atoms with Gasteiger partial charge in [0, 0.05) is 36.9 Å². The van der Waals surface area contributed by atoms with Gasteiger partial charge in [-0.15, -0.1) is 11.3 Å². The van der Waals surface area contributed by atoms with E-state index < -0.39 is 0 Å². The molecule has 1 aliphatic rings. The van der Waals surface area contributed by atoms with Crippen LogP contribution in [0.5, 0.6) is 0 Å². The summed E-state index contributed by atoms with van der Waals surface area (Å²) in [5, 5.41) is 3.07. The molecule has 156 valence electrons. The number of thiophene rings is 1. The number of aryl methyl sites for hydroxylation is 2. The van der Waals surface area contributed by atoms with Gasteiger partial charge in [0.25, 0.3) is 5.91 Å². The first-order valence-electron chi connectivity index (χ1n) is 10.5. The van der Waals surface area contributed by atoms with Gasteiger partial charge in [-0.25, -0.2) is 0 Å². The molecule has 29 heavy (non-hydrogen) atoms. The van der Waals surface area contributed by atoms with E-state index in [-0.39, 0.29) is 17.2 Å². The van der Waals surface area contributed by atoms with Gasteiger partial charge >= 0.3 is 0 Å². The standard InChI is InChI=1S/C24H32N2O2S/c1-5-6-20-15-21(23(28)25-16-19-9-7-17(2)8-10-19)29-22(20)24(4)11-13-26(14-12-24)18(3)27/h7-10,15H,5-6,11-14,16H2,1-4H3,(H,25,28). The maximum Gasteiger partial charge on any atom is 0.261 e. The van der Waals surface area contributed by atoms with Gasteiger partial charge in [-0.1, -0.05) is 50.1 Å². The Morgan fingerprint density at radius 1 is 1.17 bits per heavy atom. The van der Waals surface area contributed by atoms with Crippen molar-refractivity contribution < 1.29 is 9.59 Å². The monoisotopic (exact) mass is 412 g/mol. The largest absolute Gasteiger partial charge is 0.347 e. The molecule has 1 aliphatic heterocycles. The predicted octanol–water partition coefficient (Wildman–Crippen LogP) is 4.84. The number of carbonyl (C=O) groups is 2. The minimum atomic E-state index is 0.00366. The SMILES string of the molecule is CCCc1cc(C(=O)NCc2ccc(C)cc2)sc1C1(C)CCN(C(C)=O)CC1. The maximum atomic E-state index is 12.8. The predicted molar refractivity (Wildman–Crippen MR) is 120 cm³/mol. The molecule has 0 aliphatic carbocycles. The van der Waals surface area contributed by atoms with Crippen molar-refractivity contribution in [2.75, 3.05) is 13.1 Å². The second kappa shape index (κ2) is 9.12. The van der Waals surface area contributed by atoms with Crippen molar-refractivity contribution in [3.63, 3.8) is 0 Å². The summed E-state index contributed by atoms with van der Waals surface area (Å²) in [5.41, 5.74) is 3.67. The number of carbonyl (C=O) groups excluding carboxylic acids is 2. The summed E-state index contributed by atoms with van der Waals surface area (Å²) in [4.78, 5) is 28.6. The average Bonchev–Trinajstić information content (AvgIpc) is 3.13. The first-order chi connectivity index (χ1) is 13.8. The zero-order valence-corrected chi connectivity index (χ0v) is 18.8. The fraction of sp³-hybridized carbons (Fsp3) is 0.500. The number of rotatable bonds is 6. The quantitative estimate of drug-likeness (QED) is 0.738. The van der Waals surface area contributed by atoms with Gasteiger partial charge in [-0.3, -0.25) is 9.59 Å². The molecule has 2 aromatic rings. The molecule has 0 unspecified atom stereocenters. The van der Waals surface area contributed by atoms with Crippen molar-refractivity contribution in [2.24, 2.45) is 0 Å². The van der Waals surface area contributed by atoms with Gasteiger partial charge in [0.05, 0.1) is 4.88 Å². The van der Waals surface area contributed by atoms with Gasteiger partial charge in [-0.2, -0.15) is 0 Å². The highest BCUT2D eigenvalue weighted by Gasteiger charge is 2.36. The van der Waals surface area contributed by atoms with E-state index in [0.29, 0.717) is 6.54 Å². The molecule has 1 fully saturated rings. The molecular formula is C24H32N2O2S. The van der Waals surface area contributed by atoms with Crippen molar-refractivity contribution >= 4 is 23.2 Å². The van der Waals surface area contributed by atoms with E-state index in [4.69, 9.17) is 0 Å². The third kappa shape index (κ3) is 5.08. The summed E-state index contributed by atoms with van der Waals surface area (Å²) >= 11 is 1.64. The molecule has 5 heteroatoms. The summed E-state index contributed by atoms with van der Waals surface area (Å²) in [6.45, 7) is 10.3. The highest BCUT2D eigenvalue weighted by Crippen LogP contribution is 2.42. The fourth-order valence-electron chi connectivity index (χ4n) is 4.02. The van der Waals surface area contributed by atoms with Crippen molar-refractivity contribution in [3.05, 3.63) is 56.8 Å². The lowest BCUT2D eigenvalue weighted by Gasteiger charge is -2.39. The summed E-state index contributed by atoms with van der Waals surface area (Å²) in [7, 11) is 0. The molecular weight excluding hydrogens is 380 g/mol. The number of likely N-dealkylation sites (tertiary alicyclic amines) is 1. The molecule has 2 heterocycles. The smallest absolute Gasteiger partial charge is 0.261 e. The van der Waals surface area contributed by atoms with Crippen LogP contribution < -0.4 is 5.32 Å². The molecule has 1 aromatic heterocycles. The lowest BCUT2D eigenvalue weighted by molar-refractivity contribution is -0.130. The molecule has 0 spiro atoms. The molecule has 3 rings (SSSR count). The normalized spacial score (nSPS) is 15.9. The number of nitrogens with zero attached hydrogens (tertiary/aromatic N) is 1. The first kappa shape index (κ1) is 21.6. The van der Waals surface area contributed by atoms with Crippen molar-refractivity contribution in [2.45, 2.75) is 65.3 Å². The van der Waals surface area contributed by atoms with Crippen LogP contribution in [0.4, 0.5) is 0 Å². The van der Waals surface area contributed by atoms with E-state index in [1.54, 1.807) is 18.3 Å². The lowest BCUT2D eigenvalue weighted by Crippen LogP contribution is -2.43. The van der Waals surface area contributed by atoms with Gasteiger partial charge in [0.15, 0.2) is 0 Å². The van der Waals surface area contributed by atoms with Crippen LogP contribution >= 0.6 is 11.3 Å². The summed E-state index contributed by atoms with van der Waals surface area (Å²) in [6, 6.07) is 10.3. The number of hydrogen-bond acceptors (Lipinski definition) is 3. The lowest BCUT2D eigenvalue weighted by atomic mass is 9.77. The Bertz CT molecular complexity index is 862. The van der Waals surface area contributed by atoms with Crippen LogP contribution in [-0.4, -0.2) is 29.8 Å². The molecule has 4 nitrogen and oxygen atoms in total. The molecule has 0 saturated carbocycles. The Morgan fingerprint density at radius 3 is 2.41 bits per heavy atom. The zero-order valence-electron chi connectivity index (χ0n) is 18.0. The van der Waals surface area contributed by atoms with E-state index in [1.165, 1.54) is 16.0 Å². The Kier molecular flexibility index (Phi) is 6.78. The van der Waals surface area contributed by atoms with E-state index in [2.05, 4.69) is 56.4 Å². The summed E-state index contributed by atoms with van der Waals surface area (Å²) in [5.74, 6) is 0.159. The number of benzene rings is 1. The number of amides is 2. The molecule has 0 radical (unpaired) electrons. The van der Waals surface area contributed by atoms with Gasteiger partial charge in [0.2, 0.25) is 5.91 Å². The van der Waals surface area contributed by atoms with Crippen molar-refractivity contribution in [1.82, 2.24) is 10.2 Å². The van der Waals surface area contributed by atoms with Crippen LogP contribution in [0.15, 0.2) is 30.3 Å². The highest BCUT2D eigenvalue weighted by atomic mass is 32.1. The minimum absolute atomic E-state index is 0.00366. The number of hydrogen-bond donors (Lipinski definition) is 1. The topological polar surface area (TPSA) is 49.4 Å². The van der Waals surface area contributed by atoms with Gasteiger partial charge in [0.1, 0.15) is 0 Å². The van der Waals surface area contributed by atoms with Crippen LogP contribution in [-0.2, 0) is 23.2 Å². The van der Waals surface area contributed by atoms with E-state index >= 15 is 0 Å². The summed E-state index contributed by atoms with van der Waals surface area (Å²) < 4.78 is 0. The first-order valence-corrected chi connectivity index (χ1v) is 11.4. The molecule has 1 aromatic carbocycles. The molecule has 1 N–H and O–H groups in total. The van der Waals surface area contributed by atoms with Gasteiger partial charge < -0.3 is 10.2 Å². The van der Waals surface area contributed by atoms with Crippen LogP contribution in [0.2, 0.25) is 0 Å². The molecule has 2 amide bonds. The third-order valence-electron chi connectivity index (χ3n) is 5.99. The fourth-order valence-corrected chi connectivity index (χ4v) is 5.35. The van der Waals surface area contributed by atoms with E-state index in [9.17, 15) is 9.59 Å². The molecule has 0 bridgehead atoms. The zero-order chi connectivity index (χ0) is 21.0. The Labute approximate surface area is 178 Å². The third-order valence-corrected chi connectivity index (χ3v) is 7.47. The minimum Gasteiger partial charge on any atom is -0.347 e. The van der Waals surface area contributed by atoms with E-state index in [1.807, 2.05) is 4.90 Å². The van der Waals surface area contributed by atoms with Crippen molar-refractivity contribution in [1.29, 1.82) is 0 Å². The van der Waals surface area contributed by atoms with Crippen LogP contribution in [0.25, 0.3) is 0 Å². The Balaban J connectivity index is 1.74.